The molecule has 1 amide bonds. The van der Waals surface area contributed by atoms with Gasteiger partial charge in [0.05, 0.1) is 12.6 Å². The fourth-order valence-corrected chi connectivity index (χ4v) is 3.35. The first-order chi connectivity index (χ1) is 10.5. The molecule has 1 N–H and O–H groups in total. The van der Waals surface area contributed by atoms with Crippen LogP contribution in [0.25, 0.3) is 0 Å². The lowest BCUT2D eigenvalue weighted by Gasteiger charge is -2.32. The highest BCUT2D eigenvalue weighted by atomic mass is 16.2. The van der Waals surface area contributed by atoms with Gasteiger partial charge in [0.2, 0.25) is 5.91 Å². The van der Waals surface area contributed by atoms with Crippen molar-refractivity contribution in [2.45, 2.75) is 45.1 Å². The number of nitrogens with zero attached hydrogens (tertiary/aromatic N) is 2. The van der Waals surface area contributed by atoms with E-state index in [-0.39, 0.29) is 5.91 Å². The zero-order chi connectivity index (χ0) is 15.7. The molecule has 1 unspecified atom stereocenters. The molecule has 1 aromatic rings. The average molecular weight is 297 g/mol. The molecule has 1 heterocycles. The van der Waals surface area contributed by atoms with Crippen molar-refractivity contribution in [1.82, 2.24) is 5.32 Å². The van der Waals surface area contributed by atoms with E-state index in [0.29, 0.717) is 12.5 Å². The van der Waals surface area contributed by atoms with Crippen LogP contribution >= 0.6 is 0 Å². The monoisotopic (exact) mass is 297 g/mol. The van der Waals surface area contributed by atoms with Gasteiger partial charge in [-0.1, -0.05) is 17.7 Å². The molecule has 0 spiro atoms. The number of aryl methyl sites for hydroxylation is 2. The Balaban J connectivity index is 1.69. The average Bonchev–Trinajstić information content (AvgIpc) is 3.32. The minimum absolute atomic E-state index is 0.0515. The number of fused-ring (bicyclic) bond motifs is 1. The van der Waals surface area contributed by atoms with Crippen LogP contribution in [0.15, 0.2) is 18.2 Å². The van der Waals surface area contributed by atoms with Gasteiger partial charge in [0.1, 0.15) is 5.54 Å². The van der Waals surface area contributed by atoms with E-state index in [2.05, 4.69) is 41.4 Å². The fraction of sp³-hybridized carbons (Fsp3) is 0.556. The lowest BCUT2D eigenvalue weighted by atomic mass is 9.97. The van der Waals surface area contributed by atoms with Crippen LogP contribution in [0.4, 0.5) is 5.69 Å². The van der Waals surface area contributed by atoms with E-state index in [9.17, 15) is 10.1 Å². The van der Waals surface area contributed by atoms with Gasteiger partial charge in [-0.2, -0.15) is 5.26 Å². The van der Waals surface area contributed by atoms with E-state index in [0.717, 1.165) is 37.9 Å². The Morgan fingerprint density at radius 3 is 2.95 bits per heavy atom. The number of hydrogen-bond donors (Lipinski definition) is 1. The summed E-state index contributed by atoms with van der Waals surface area (Å²) in [6.07, 6.45) is 4.22. The number of nitrogens with one attached hydrogen (secondary N) is 1. The predicted molar refractivity (Wildman–Crippen MR) is 86.6 cm³/mol. The molecule has 116 valence electrons. The first-order valence-corrected chi connectivity index (χ1v) is 8.08. The third-order valence-corrected chi connectivity index (χ3v) is 4.81. The minimum atomic E-state index is -0.705. The Morgan fingerprint density at radius 1 is 1.50 bits per heavy atom. The summed E-state index contributed by atoms with van der Waals surface area (Å²) in [5.74, 6) is 0.266. The Kier molecular flexibility index (Phi) is 3.82. The number of carbonyl (C=O) groups is 1. The van der Waals surface area contributed by atoms with Crippen LogP contribution in [0.2, 0.25) is 0 Å². The first-order valence-electron chi connectivity index (χ1n) is 8.08. The summed E-state index contributed by atoms with van der Waals surface area (Å²) >= 11 is 0. The molecule has 2 aliphatic rings. The van der Waals surface area contributed by atoms with Crippen molar-refractivity contribution in [2.75, 3.05) is 18.0 Å². The summed E-state index contributed by atoms with van der Waals surface area (Å²) in [5.41, 5.74) is 3.04. The summed E-state index contributed by atoms with van der Waals surface area (Å²) in [4.78, 5) is 14.5. The quantitative estimate of drug-likeness (QED) is 0.929. The third-order valence-electron chi connectivity index (χ3n) is 4.81. The summed E-state index contributed by atoms with van der Waals surface area (Å²) in [5, 5.41) is 12.3. The maximum atomic E-state index is 12.4. The van der Waals surface area contributed by atoms with E-state index >= 15 is 0 Å². The number of hydrogen-bond acceptors (Lipinski definition) is 3. The lowest BCUT2D eigenvalue weighted by molar-refractivity contribution is -0.121. The Morgan fingerprint density at radius 2 is 2.27 bits per heavy atom. The van der Waals surface area contributed by atoms with Crippen LogP contribution in [-0.2, 0) is 11.2 Å². The zero-order valence-electron chi connectivity index (χ0n) is 13.4. The molecule has 1 fully saturated rings. The van der Waals surface area contributed by atoms with Crippen molar-refractivity contribution in [3.63, 3.8) is 0 Å². The molecule has 22 heavy (non-hydrogen) atoms. The predicted octanol–water partition coefficient (Wildman–Crippen LogP) is 2.56. The highest BCUT2D eigenvalue weighted by molar-refractivity contribution is 5.83. The summed E-state index contributed by atoms with van der Waals surface area (Å²) in [6, 6.07) is 8.70. The van der Waals surface area contributed by atoms with E-state index in [1.54, 1.807) is 0 Å². The zero-order valence-corrected chi connectivity index (χ0v) is 13.4. The summed E-state index contributed by atoms with van der Waals surface area (Å²) in [7, 11) is 0. The molecule has 4 nitrogen and oxygen atoms in total. The maximum Gasteiger partial charge on any atom is 0.240 e. The van der Waals surface area contributed by atoms with Gasteiger partial charge in [0, 0.05) is 12.2 Å². The summed E-state index contributed by atoms with van der Waals surface area (Å²) < 4.78 is 0. The second-order valence-corrected chi connectivity index (χ2v) is 6.79. The van der Waals surface area contributed by atoms with Crippen molar-refractivity contribution in [3.05, 3.63) is 29.3 Å². The van der Waals surface area contributed by atoms with E-state index < -0.39 is 5.54 Å². The number of carbonyl (C=O) groups excluding carboxylic acids is 1. The van der Waals surface area contributed by atoms with Gasteiger partial charge in [0.15, 0.2) is 0 Å². The van der Waals surface area contributed by atoms with Gasteiger partial charge in [-0.25, -0.2) is 0 Å². The van der Waals surface area contributed by atoms with Crippen LogP contribution in [-0.4, -0.2) is 24.5 Å². The molecular weight excluding hydrogens is 274 g/mol. The molecule has 4 heteroatoms. The van der Waals surface area contributed by atoms with Crippen LogP contribution in [0.1, 0.15) is 37.3 Å². The number of nitriles is 1. The van der Waals surface area contributed by atoms with E-state index in [1.165, 1.54) is 11.1 Å². The molecule has 0 aromatic heterocycles. The molecule has 1 atom stereocenters. The molecule has 1 aliphatic heterocycles. The highest BCUT2D eigenvalue weighted by Gasteiger charge is 2.43. The van der Waals surface area contributed by atoms with E-state index in [1.807, 2.05) is 6.92 Å². The maximum absolute atomic E-state index is 12.4. The lowest BCUT2D eigenvalue weighted by Crippen LogP contribution is -2.50. The van der Waals surface area contributed by atoms with Gasteiger partial charge in [0.25, 0.3) is 0 Å². The van der Waals surface area contributed by atoms with Gasteiger partial charge in [-0.15, -0.1) is 0 Å². The molecule has 0 radical (unpaired) electrons. The second kappa shape index (κ2) is 5.64. The molecule has 1 aliphatic carbocycles. The molecular formula is C18H23N3O. The second-order valence-electron chi connectivity index (χ2n) is 6.79. The Bertz CT molecular complexity index is 630. The topological polar surface area (TPSA) is 56.1 Å². The summed E-state index contributed by atoms with van der Waals surface area (Å²) in [6.45, 7) is 5.17. The van der Waals surface area contributed by atoms with Gasteiger partial charge >= 0.3 is 0 Å². The Hall–Kier alpha value is -2.02. The number of rotatable bonds is 4. The third kappa shape index (κ3) is 2.94. The number of benzene rings is 1. The molecule has 0 saturated heterocycles. The largest absolute Gasteiger partial charge is 0.362 e. The van der Waals surface area contributed by atoms with Crippen molar-refractivity contribution in [1.29, 1.82) is 5.26 Å². The molecule has 1 saturated carbocycles. The molecule has 1 aromatic carbocycles. The van der Waals surface area contributed by atoms with Crippen LogP contribution in [0.3, 0.4) is 0 Å². The molecule has 3 rings (SSSR count). The standard InChI is InChI=1S/C18H23N3O/c1-13-5-8-16-14(10-13)4-3-9-21(16)11-17(22)20-18(2,12-19)15-6-7-15/h5,8,10,15H,3-4,6-7,9,11H2,1-2H3,(H,20,22). The van der Waals surface area contributed by atoms with Crippen molar-refractivity contribution < 1.29 is 4.79 Å². The minimum Gasteiger partial charge on any atom is -0.362 e. The van der Waals surface area contributed by atoms with Gasteiger partial charge in [-0.3, -0.25) is 4.79 Å². The van der Waals surface area contributed by atoms with Crippen molar-refractivity contribution in [3.8, 4) is 6.07 Å². The normalized spacial score (nSPS) is 19.8. The fourth-order valence-electron chi connectivity index (χ4n) is 3.35. The molecule has 0 bridgehead atoms. The SMILES string of the molecule is Cc1ccc2c(c1)CCCN2CC(=O)NC(C)(C#N)C1CC1. The van der Waals surface area contributed by atoms with Crippen LogP contribution in [0.5, 0.6) is 0 Å². The number of amides is 1. The smallest absolute Gasteiger partial charge is 0.240 e. The van der Waals surface area contributed by atoms with Crippen LogP contribution in [0, 0.1) is 24.2 Å². The Labute approximate surface area is 132 Å². The highest BCUT2D eigenvalue weighted by Crippen LogP contribution is 2.39. The van der Waals surface area contributed by atoms with Crippen molar-refractivity contribution >= 4 is 11.6 Å². The van der Waals surface area contributed by atoms with Crippen molar-refractivity contribution in [2.24, 2.45) is 5.92 Å². The number of anilines is 1. The first kappa shape index (κ1) is 14.9. The van der Waals surface area contributed by atoms with E-state index in [4.69, 9.17) is 0 Å². The van der Waals surface area contributed by atoms with Gasteiger partial charge < -0.3 is 10.2 Å². The van der Waals surface area contributed by atoms with Crippen LogP contribution < -0.4 is 10.2 Å². The van der Waals surface area contributed by atoms with Gasteiger partial charge in [-0.05, 0) is 57.1 Å².